The van der Waals surface area contributed by atoms with Crippen molar-refractivity contribution < 1.29 is 13.2 Å². The average molecular weight is 248 g/mol. The maximum Gasteiger partial charge on any atom is 0.214 e. The van der Waals surface area contributed by atoms with Crippen LogP contribution in [-0.2, 0) is 14.8 Å². The SMILES string of the molecule is NC1CCC(NS(=O)(=O)C2CCOCC2)C1. The number of nitrogens with two attached hydrogens (primary N) is 1. The van der Waals surface area contributed by atoms with Crippen LogP contribution in [0, 0.1) is 0 Å². The summed E-state index contributed by atoms with van der Waals surface area (Å²) in [5, 5.41) is -0.280. The van der Waals surface area contributed by atoms with Gasteiger partial charge in [-0.05, 0) is 32.1 Å². The summed E-state index contributed by atoms with van der Waals surface area (Å²) in [4.78, 5) is 0. The molecule has 0 radical (unpaired) electrons. The van der Waals surface area contributed by atoms with E-state index in [9.17, 15) is 8.42 Å². The number of rotatable bonds is 3. The molecule has 1 saturated carbocycles. The van der Waals surface area contributed by atoms with Gasteiger partial charge in [0.1, 0.15) is 0 Å². The fraction of sp³-hybridized carbons (Fsp3) is 1.00. The zero-order valence-corrected chi connectivity index (χ0v) is 10.2. The van der Waals surface area contributed by atoms with E-state index in [1.165, 1.54) is 0 Å². The third kappa shape index (κ3) is 2.94. The van der Waals surface area contributed by atoms with Crippen LogP contribution in [-0.4, -0.2) is 39.0 Å². The molecule has 0 aromatic carbocycles. The molecule has 0 bridgehead atoms. The number of hydrogen-bond donors (Lipinski definition) is 2. The first-order valence-corrected chi connectivity index (χ1v) is 7.47. The minimum atomic E-state index is -3.18. The van der Waals surface area contributed by atoms with Crippen molar-refractivity contribution in [3.63, 3.8) is 0 Å². The van der Waals surface area contributed by atoms with E-state index in [2.05, 4.69) is 4.72 Å². The van der Waals surface area contributed by atoms with E-state index in [1.54, 1.807) is 0 Å². The first-order chi connectivity index (χ1) is 7.58. The molecule has 1 aliphatic carbocycles. The van der Waals surface area contributed by atoms with Crippen LogP contribution in [0.5, 0.6) is 0 Å². The van der Waals surface area contributed by atoms with Crippen molar-refractivity contribution in [2.75, 3.05) is 13.2 Å². The van der Waals surface area contributed by atoms with Gasteiger partial charge in [-0.3, -0.25) is 0 Å². The standard InChI is InChI=1S/C10H20N2O3S/c11-8-1-2-9(7-8)12-16(13,14)10-3-5-15-6-4-10/h8-10,12H,1-7,11H2. The van der Waals surface area contributed by atoms with Gasteiger partial charge in [0.2, 0.25) is 10.0 Å². The van der Waals surface area contributed by atoms with E-state index in [0.29, 0.717) is 26.1 Å². The van der Waals surface area contributed by atoms with Crippen LogP contribution in [0.2, 0.25) is 0 Å². The normalized spacial score (nSPS) is 33.1. The molecule has 0 amide bonds. The summed E-state index contributed by atoms with van der Waals surface area (Å²) in [7, 11) is -3.18. The minimum Gasteiger partial charge on any atom is -0.381 e. The maximum atomic E-state index is 12.0. The molecule has 0 aromatic rings. The second-order valence-corrected chi connectivity index (χ2v) is 6.74. The first kappa shape index (κ1) is 12.3. The largest absolute Gasteiger partial charge is 0.381 e. The molecule has 2 fully saturated rings. The molecule has 94 valence electrons. The summed E-state index contributed by atoms with van der Waals surface area (Å²) in [6, 6.07) is 0.199. The van der Waals surface area contributed by atoms with Crippen LogP contribution in [0.3, 0.4) is 0 Å². The van der Waals surface area contributed by atoms with Gasteiger partial charge in [0.05, 0.1) is 5.25 Å². The summed E-state index contributed by atoms with van der Waals surface area (Å²) in [6.45, 7) is 1.10. The van der Waals surface area contributed by atoms with Crippen LogP contribution >= 0.6 is 0 Å². The van der Waals surface area contributed by atoms with Gasteiger partial charge in [-0.25, -0.2) is 13.1 Å². The van der Waals surface area contributed by atoms with Gasteiger partial charge >= 0.3 is 0 Å². The molecule has 1 aliphatic heterocycles. The second kappa shape index (κ2) is 5.00. The predicted molar refractivity (Wildman–Crippen MR) is 61.5 cm³/mol. The molecule has 2 atom stereocenters. The van der Waals surface area contributed by atoms with Crippen molar-refractivity contribution in [3.8, 4) is 0 Å². The van der Waals surface area contributed by atoms with Crippen molar-refractivity contribution in [2.45, 2.75) is 49.4 Å². The Balaban J connectivity index is 1.91. The summed E-state index contributed by atoms with van der Waals surface area (Å²) < 4.78 is 32.0. The number of ether oxygens (including phenoxy) is 1. The lowest BCUT2D eigenvalue weighted by Gasteiger charge is -2.24. The van der Waals surface area contributed by atoms with E-state index in [4.69, 9.17) is 10.5 Å². The molecule has 3 N–H and O–H groups in total. The van der Waals surface area contributed by atoms with Crippen molar-refractivity contribution in [3.05, 3.63) is 0 Å². The molecule has 5 nitrogen and oxygen atoms in total. The van der Waals surface area contributed by atoms with Gasteiger partial charge < -0.3 is 10.5 Å². The van der Waals surface area contributed by atoms with Crippen molar-refractivity contribution >= 4 is 10.0 Å². The van der Waals surface area contributed by atoms with E-state index >= 15 is 0 Å². The van der Waals surface area contributed by atoms with E-state index in [1.807, 2.05) is 0 Å². The van der Waals surface area contributed by atoms with Crippen molar-refractivity contribution in [1.82, 2.24) is 4.72 Å². The third-order valence-electron chi connectivity index (χ3n) is 3.41. The summed E-state index contributed by atoms with van der Waals surface area (Å²) in [5.41, 5.74) is 5.77. The highest BCUT2D eigenvalue weighted by Crippen LogP contribution is 2.21. The van der Waals surface area contributed by atoms with Crippen LogP contribution in [0.4, 0.5) is 0 Å². The van der Waals surface area contributed by atoms with Crippen LogP contribution < -0.4 is 10.5 Å². The lowest BCUT2D eigenvalue weighted by Crippen LogP contribution is -2.42. The molecule has 6 heteroatoms. The highest BCUT2D eigenvalue weighted by molar-refractivity contribution is 7.90. The van der Waals surface area contributed by atoms with Gasteiger partial charge in [0.15, 0.2) is 0 Å². The molecule has 0 spiro atoms. The quantitative estimate of drug-likeness (QED) is 0.734. The molecule has 2 unspecified atom stereocenters. The lowest BCUT2D eigenvalue weighted by atomic mass is 10.2. The van der Waals surface area contributed by atoms with Crippen LogP contribution in [0.15, 0.2) is 0 Å². The molecule has 2 rings (SSSR count). The molecule has 16 heavy (non-hydrogen) atoms. The van der Waals surface area contributed by atoms with Crippen LogP contribution in [0.1, 0.15) is 32.1 Å². The van der Waals surface area contributed by atoms with Crippen molar-refractivity contribution in [2.24, 2.45) is 5.73 Å². The van der Waals surface area contributed by atoms with Crippen molar-refractivity contribution in [1.29, 1.82) is 0 Å². The Morgan fingerprint density at radius 2 is 1.81 bits per heavy atom. The Morgan fingerprint density at radius 1 is 1.12 bits per heavy atom. The van der Waals surface area contributed by atoms with Gasteiger partial charge in [-0.2, -0.15) is 0 Å². The van der Waals surface area contributed by atoms with Crippen LogP contribution in [0.25, 0.3) is 0 Å². The highest BCUT2D eigenvalue weighted by atomic mass is 32.2. The zero-order chi connectivity index (χ0) is 11.6. The van der Waals surface area contributed by atoms with E-state index in [0.717, 1.165) is 19.3 Å². The molecule has 1 heterocycles. The fourth-order valence-electron chi connectivity index (χ4n) is 2.44. The predicted octanol–water partition coefficient (Wildman–Crippen LogP) is -0.0354. The minimum absolute atomic E-state index is 0.0443. The lowest BCUT2D eigenvalue weighted by molar-refractivity contribution is 0.0981. The molecule has 1 saturated heterocycles. The Hall–Kier alpha value is -0.170. The number of nitrogens with one attached hydrogen (secondary N) is 1. The number of sulfonamides is 1. The maximum absolute atomic E-state index is 12.0. The Kier molecular flexibility index (Phi) is 3.84. The highest BCUT2D eigenvalue weighted by Gasteiger charge is 2.32. The Bertz CT molecular complexity index is 325. The molecular formula is C10H20N2O3S. The Morgan fingerprint density at radius 3 is 2.38 bits per heavy atom. The molecule has 2 aliphatic rings. The van der Waals surface area contributed by atoms with Gasteiger partial charge in [0, 0.05) is 25.3 Å². The summed E-state index contributed by atoms with van der Waals surface area (Å²) >= 11 is 0. The van der Waals surface area contributed by atoms with E-state index < -0.39 is 10.0 Å². The fourth-order valence-corrected chi connectivity index (χ4v) is 4.12. The summed E-state index contributed by atoms with van der Waals surface area (Å²) in [5.74, 6) is 0. The number of hydrogen-bond acceptors (Lipinski definition) is 4. The summed E-state index contributed by atoms with van der Waals surface area (Å²) in [6.07, 6.45) is 3.76. The van der Waals surface area contributed by atoms with Gasteiger partial charge in [-0.1, -0.05) is 0 Å². The second-order valence-electron chi connectivity index (χ2n) is 4.74. The molecule has 0 aromatic heterocycles. The molecular weight excluding hydrogens is 228 g/mol. The topological polar surface area (TPSA) is 81.4 Å². The van der Waals surface area contributed by atoms with Gasteiger partial charge in [0.25, 0.3) is 0 Å². The zero-order valence-electron chi connectivity index (χ0n) is 9.39. The Labute approximate surface area is 96.8 Å². The first-order valence-electron chi connectivity index (χ1n) is 5.92. The average Bonchev–Trinajstić information content (AvgIpc) is 2.64. The van der Waals surface area contributed by atoms with E-state index in [-0.39, 0.29) is 17.3 Å². The monoisotopic (exact) mass is 248 g/mol. The smallest absolute Gasteiger partial charge is 0.214 e. The third-order valence-corrected chi connectivity index (χ3v) is 5.42. The van der Waals surface area contributed by atoms with Gasteiger partial charge in [-0.15, -0.1) is 0 Å².